The van der Waals surface area contributed by atoms with Crippen LogP contribution in [0.5, 0.6) is 0 Å². The summed E-state index contributed by atoms with van der Waals surface area (Å²) in [6, 6.07) is 6.71. The first-order valence-corrected chi connectivity index (χ1v) is 7.46. The molecule has 1 aromatic rings. The van der Waals surface area contributed by atoms with Gasteiger partial charge in [0.15, 0.2) is 5.96 Å². The van der Waals surface area contributed by atoms with Crippen LogP contribution in [0.15, 0.2) is 34.2 Å². The summed E-state index contributed by atoms with van der Waals surface area (Å²) < 4.78 is 22.2. The Bertz CT molecular complexity index is 541. The molecule has 0 radical (unpaired) electrons. The normalized spacial score (nSPS) is 11.9. The zero-order valence-electron chi connectivity index (χ0n) is 11.8. The van der Waals surface area contributed by atoms with Gasteiger partial charge in [0.2, 0.25) is 10.0 Å². The minimum absolute atomic E-state index is 0. The van der Waals surface area contributed by atoms with Crippen molar-refractivity contribution in [2.24, 2.45) is 10.1 Å². The first-order valence-electron chi connectivity index (χ1n) is 5.92. The Kier molecular flexibility index (Phi) is 8.06. The van der Waals surface area contributed by atoms with E-state index in [2.05, 4.69) is 15.6 Å². The first kappa shape index (κ1) is 19.1. The quantitative estimate of drug-likeness (QED) is 0.391. The molecular weight excluding hydrogens is 391 g/mol. The molecule has 1 aromatic carbocycles. The maximum absolute atomic E-state index is 11.1. The number of primary sulfonamides is 1. The lowest BCUT2D eigenvalue weighted by atomic mass is 10.2. The molecule has 0 saturated heterocycles. The predicted molar refractivity (Wildman–Crippen MR) is 91.7 cm³/mol. The lowest BCUT2D eigenvalue weighted by molar-refractivity contribution is 0.597. The van der Waals surface area contributed by atoms with Crippen molar-refractivity contribution >= 4 is 40.0 Å². The molecule has 0 atom stereocenters. The summed E-state index contributed by atoms with van der Waals surface area (Å²) in [7, 11) is -1.93. The van der Waals surface area contributed by atoms with Crippen molar-refractivity contribution in [2.45, 2.75) is 31.3 Å². The fourth-order valence-electron chi connectivity index (χ4n) is 1.45. The van der Waals surface area contributed by atoms with E-state index in [0.717, 1.165) is 5.56 Å². The first-order chi connectivity index (χ1) is 8.82. The van der Waals surface area contributed by atoms with E-state index in [4.69, 9.17) is 5.14 Å². The SMILES string of the molecule is CN=C(NCc1ccc(S(N)(=O)=O)cc1)NC(C)C.I. The number of guanidine groups is 1. The minimum Gasteiger partial charge on any atom is -0.354 e. The van der Waals surface area contributed by atoms with Crippen LogP contribution in [0.2, 0.25) is 0 Å². The van der Waals surface area contributed by atoms with E-state index in [1.54, 1.807) is 19.2 Å². The number of hydrogen-bond acceptors (Lipinski definition) is 3. The number of nitrogens with one attached hydrogen (secondary N) is 2. The van der Waals surface area contributed by atoms with Gasteiger partial charge in [0, 0.05) is 19.6 Å². The van der Waals surface area contributed by atoms with Crippen molar-refractivity contribution in [2.75, 3.05) is 7.05 Å². The highest BCUT2D eigenvalue weighted by molar-refractivity contribution is 14.0. The van der Waals surface area contributed by atoms with Crippen molar-refractivity contribution in [3.05, 3.63) is 29.8 Å². The molecule has 8 heteroatoms. The highest BCUT2D eigenvalue weighted by atomic mass is 127. The van der Waals surface area contributed by atoms with E-state index in [0.29, 0.717) is 12.5 Å². The molecule has 0 spiro atoms. The third-order valence-electron chi connectivity index (χ3n) is 2.36. The molecule has 0 bridgehead atoms. The number of halogens is 1. The van der Waals surface area contributed by atoms with Gasteiger partial charge >= 0.3 is 0 Å². The minimum atomic E-state index is -3.63. The van der Waals surface area contributed by atoms with Crippen molar-refractivity contribution in [3.8, 4) is 0 Å². The lowest BCUT2D eigenvalue weighted by Crippen LogP contribution is -2.40. The Morgan fingerprint density at radius 1 is 1.30 bits per heavy atom. The molecule has 0 heterocycles. The summed E-state index contributed by atoms with van der Waals surface area (Å²) in [4.78, 5) is 4.19. The molecule has 20 heavy (non-hydrogen) atoms. The second kappa shape index (κ2) is 8.42. The summed E-state index contributed by atoms with van der Waals surface area (Å²) >= 11 is 0. The molecule has 0 aromatic heterocycles. The van der Waals surface area contributed by atoms with E-state index in [1.807, 2.05) is 13.8 Å². The molecule has 0 aliphatic heterocycles. The summed E-state index contributed by atoms with van der Waals surface area (Å²) in [6.07, 6.45) is 0. The molecule has 6 nitrogen and oxygen atoms in total. The van der Waals surface area contributed by atoms with Crippen LogP contribution in [-0.4, -0.2) is 27.5 Å². The van der Waals surface area contributed by atoms with Gasteiger partial charge in [0.05, 0.1) is 4.90 Å². The Hall–Kier alpha value is -0.870. The molecule has 0 aliphatic rings. The molecular formula is C12H21IN4O2S. The van der Waals surface area contributed by atoms with Gasteiger partial charge < -0.3 is 10.6 Å². The van der Waals surface area contributed by atoms with Crippen LogP contribution in [0, 0.1) is 0 Å². The molecule has 0 unspecified atom stereocenters. The second-order valence-corrected chi connectivity index (χ2v) is 5.98. The van der Waals surface area contributed by atoms with Crippen LogP contribution in [0.25, 0.3) is 0 Å². The van der Waals surface area contributed by atoms with Gasteiger partial charge in [0.25, 0.3) is 0 Å². The van der Waals surface area contributed by atoms with E-state index in [9.17, 15) is 8.42 Å². The van der Waals surface area contributed by atoms with E-state index in [-0.39, 0.29) is 34.9 Å². The molecule has 0 aliphatic carbocycles. The monoisotopic (exact) mass is 412 g/mol. The zero-order chi connectivity index (χ0) is 14.5. The number of aliphatic imine (C=N–C) groups is 1. The van der Waals surface area contributed by atoms with Crippen molar-refractivity contribution < 1.29 is 8.42 Å². The van der Waals surface area contributed by atoms with E-state index in [1.165, 1.54) is 12.1 Å². The Balaban J connectivity index is 0.00000361. The number of nitrogens with two attached hydrogens (primary N) is 1. The summed E-state index contributed by atoms with van der Waals surface area (Å²) in [5.74, 6) is 0.700. The third-order valence-corrected chi connectivity index (χ3v) is 3.29. The van der Waals surface area contributed by atoms with Gasteiger partial charge in [-0.15, -0.1) is 24.0 Å². The smallest absolute Gasteiger partial charge is 0.238 e. The van der Waals surface area contributed by atoms with Crippen molar-refractivity contribution in [1.29, 1.82) is 0 Å². The lowest BCUT2D eigenvalue weighted by Gasteiger charge is -2.14. The molecule has 0 saturated carbocycles. The molecule has 1 rings (SSSR count). The van der Waals surface area contributed by atoms with Gasteiger partial charge in [-0.1, -0.05) is 12.1 Å². The van der Waals surface area contributed by atoms with Crippen molar-refractivity contribution in [3.63, 3.8) is 0 Å². The van der Waals surface area contributed by atoms with Crippen LogP contribution in [0.3, 0.4) is 0 Å². The maximum atomic E-state index is 11.1. The fourth-order valence-corrected chi connectivity index (χ4v) is 1.97. The maximum Gasteiger partial charge on any atom is 0.238 e. The van der Waals surface area contributed by atoms with E-state index < -0.39 is 10.0 Å². The van der Waals surface area contributed by atoms with Crippen LogP contribution < -0.4 is 15.8 Å². The van der Waals surface area contributed by atoms with Crippen LogP contribution >= 0.6 is 24.0 Å². The predicted octanol–water partition coefficient (Wildman–Crippen LogP) is 1.03. The Labute approximate surface area is 137 Å². The Morgan fingerprint density at radius 2 is 1.85 bits per heavy atom. The van der Waals surface area contributed by atoms with E-state index >= 15 is 0 Å². The zero-order valence-corrected chi connectivity index (χ0v) is 14.9. The molecule has 0 fully saturated rings. The standard InChI is InChI=1S/C12H20N4O2S.HI/c1-9(2)16-12(14-3)15-8-10-4-6-11(7-5-10)19(13,17)18;/h4-7,9H,8H2,1-3H3,(H2,13,17,18)(H2,14,15,16);1H. The largest absolute Gasteiger partial charge is 0.354 e. The topological polar surface area (TPSA) is 96.6 Å². The fraction of sp³-hybridized carbons (Fsp3) is 0.417. The number of nitrogens with zero attached hydrogens (tertiary/aromatic N) is 1. The van der Waals surface area contributed by atoms with Crippen LogP contribution in [0.4, 0.5) is 0 Å². The number of sulfonamides is 1. The molecule has 0 amide bonds. The molecule has 4 N–H and O–H groups in total. The van der Waals surface area contributed by atoms with Gasteiger partial charge in [-0.25, -0.2) is 13.6 Å². The molecule has 114 valence electrons. The second-order valence-electron chi connectivity index (χ2n) is 4.41. The third kappa shape index (κ3) is 6.53. The van der Waals surface area contributed by atoms with Gasteiger partial charge in [-0.05, 0) is 31.5 Å². The van der Waals surface area contributed by atoms with Crippen LogP contribution in [0.1, 0.15) is 19.4 Å². The highest BCUT2D eigenvalue weighted by Gasteiger charge is 2.07. The average molecular weight is 412 g/mol. The number of rotatable bonds is 4. The average Bonchev–Trinajstić information content (AvgIpc) is 2.33. The van der Waals surface area contributed by atoms with Gasteiger partial charge in [-0.3, -0.25) is 4.99 Å². The summed E-state index contributed by atoms with van der Waals surface area (Å²) in [5.41, 5.74) is 0.944. The van der Waals surface area contributed by atoms with Crippen LogP contribution in [-0.2, 0) is 16.6 Å². The van der Waals surface area contributed by atoms with Gasteiger partial charge in [0.1, 0.15) is 0 Å². The number of benzene rings is 1. The highest BCUT2D eigenvalue weighted by Crippen LogP contribution is 2.08. The Morgan fingerprint density at radius 3 is 2.25 bits per heavy atom. The number of hydrogen-bond donors (Lipinski definition) is 3. The van der Waals surface area contributed by atoms with Crippen molar-refractivity contribution in [1.82, 2.24) is 10.6 Å². The summed E-state index contributed by atoms with van der Waals surface area (Å²) in [5, 5.41) is 11.3. The summed E-state index contributed by atoms with van der Waals surface area (Å²) in [6.45, 7) is 4.60. The van der Waals surface area contributed by atoms with Gasteiger partial charge in [-0.2, -0.15) is 0 Å².